The Labute approximate surface area is 133 Å². The van der Waals surface area contributed by atoms with E-state index in [-0.39, 0.29) is 16.2 Å². The molecule has 1 heterocycles. The number of aromatic hydroxyl groups is 1. The molecule has 0 radical (unpaired) electrons. The Morgan fingerprint density at radius 1 is 1.57 bits per heavy atom. The minimum absolute atomic E-state index is 0.0365. The van der Waals surface area contributed by atoms with Crippen LogP contribution in [-0.2, 0) is 0 Å². The van der Waals surface area contributed by atoms with Gasteiger partial charge in [0.25, 0.3) is 5.56 Å². The number of benzene rings is 1. The van der Waals surface area contributed by atoms with E-state index in [2.05, 4.69) is 31.2 Å². The Kier molecular flexibility index (Phi) is 4.53. The van der Waals surface area contributed by atoms with E-state index in [9.17, 15) is 9.90 Å². The summed E-state index contributed by atoms with van der Waals surface area (Å²) >= 11 is 8.29. The third kappa shape index (κ3) is 3.19. The van der Waals surface area contributed by atoms with Crippen LogP contribution < -0.4 is 10.3 Å². The number of aromatic amines is 1. The molecule has 0 aliphatic heterocycles. The molecule has 0 saturated heterocycles. The summed E-state index contributed by atoms with van der Waals surface area (Å²) in [7, 11) is 1.45. The lowest BCUT2D eigenvalue weighted by atomic mass is 10.2. The number of methoxy groups -OCH3 is 1. The monoisotopic (exact) mass is 370 g/mol. The van der Waals surface area contributed by atoms with Gasteiger partial charge in [-0.25, -0.2) is 0 Å². The number of phenols is 1. The number of aryl methyl sites for hydroxylation is 1. The van der Waals surface area contributed by atoms with E-state index in [0.29, 0.717) is 15.8 Å². The van der Waals surface area contributed by atoms with Crippen molar-refractivity contribution >= 4 is 34.4 Å². The lowest BCUT2D eigenvalue weighted by Crippen LogP contribution is -2.22. The first-order valence-electron chi connectivity index (χ1n) is 5.73. The van der Waals surface area contributed by atoms with Gasteiger partial charge in [0.15, 0.2) is 11.5 Å². The van der Waals surface area contributed by atoms with Crippen LogP contribution >= 0.6 is 28.1 Å². The van der Waals surface area contributed by atoms with Crippen molar-refractivity contribution in [1.82, 2.24) is 14.9 Å². The van der Waals surface area contributed by atoms with Gasteiger partial charge >= 0.3 is 0 Å². The molecule has 0 unspecified atom stereocenters. The van der Waals surface area contributed by atoms with Gasteiger partial charge in [0, 0.05) is 10.0 Å². The molecule has 0 atom stereocenters. The van der Waals surface area contributed by atoms with Crippen molar-refractivity contribution in [2.45, 2.75) is 6.92 Å². The standard InChI is InChI=1S/C12H11BrN4O3S/c1-6-11(19)17(12(21)16-15-6)14-5-7-3-9(18)10(20-2)4-8(7)13/h3-5,18H,1-2H3,(H,16,21)/b14-5-. The maximum Gasteiger partial charge on any atom is 0.296 e. The van der Waals surface area contributed by atoms with Crippen LogP contribution in [-0.4, -0.2) is 33.3 Å². The number of hydrogen-bond donors (Lipinski definition) is 2. The maximum absolute atomic E-state index is 11.9. The fraction of sp³-hybridized carbons (Fsp3) is 0.167. The molecule has 2 rings (SSSR count). The zero-order valence-corrected chi connectivity index (χ0v) is 13.5. The number of nitrogens with zero attached hydrogens (tertiary/aromatic N) is 3. The molecular weight excluding hydrogens is 360 g/mol. The van der Waals surface area contributed by atoms with Crippen LogP contribution in [0.15, 0.2) is 26.5 Å². The minimum atomic E-state index is -0.413. The normalized spacial score (nSPS) is 11.0. The predicted octanol–water partition coefficient (Wildman–Crippen LogP) is 1.97. The van der Waals surface area contributed by atoms with Crippen LogP contribution in [0, 0.1) is 11.7 Å². The average Bonchev–Trinajstić information content (AvgIpc) is 2.46. The zero-order chi connectivity index (χ0) is 15.6. The number of hydrogen-bond acceptors (Lipinski definition) is 6. The van der Waals surface area contributed by atoms with Gasteiger partial charge in [-0.2, -0.15) is 14.9 Å². The fourth-order valence-electron chi connectivity index (χ4n) is 1.52. The predicted molar refractivity (Wildman–Crippen MR) is 83.8 cm³/mol. The van der Waals surface area contributed by atoms with Crippen molar-refractivity contribution in [3.63, 3.8) is 0 Å². The van der Waals surface area contributed by atoms with Gasteiger partial charge in [0.1, 0.15) is 5.69 Å². The van der Waals surface area contributed by atoms with Crippen molar-refractivity contribution in [1.29, 1.82) is 0 Å². The van der Waals surface area contributed by atoms with Gasteiger partial charge in [-0.05, 0) is 47.2 Å². The molecule has 110 valence electrons. The Balaban J connectivity index is 2.48. The molecule has 1 aromatic carbocycles. The summed E-state index contributed by atoms with van der Waals surface area (Å²) < 4.78 is 6.73. The van der Waals surface area contributed by atoms with E-state index in [1.54, 1.807) is 13.0 Å². The number of nitrogens with one attached hydrogen (secondary N) is 1. The van der Waals surface area contributed by atoms with Crippen molar-refractivity contribution in [3.8, 4) is 11.5 Å². The summed E-state index contributed by atoms with van der Waals surface area (Å²) in [6.45, 7) is 1.55. The Morgan fingerprint density at radius 3 is 2.95 bits per heavy atom. The van der Waals surface area contributed by atoms with Gasteiger partial charge in [-0.1, -0.05) is 0 Å². The molecule has 1 aromatic heterocycles. The Bertz CT molecular complexity index is 828. The van der Waals surface area contributed by atoms with Crippen LogP contribution in [0.4, 0.5) is 0 Å². The maximum atomic E-state index is 11.9. The molecule has 9 heteroatoms. The van der Waals surface area contributed by atoms with Gasteiger partial charge in [0.05, 0.1) is 13.3 Å². The molecule has 7 nitrogen and oxygen atoms in total. The number of ether oxygens (including phenoxy) is 1. The first-order valence-corrected chi connectivity index (χ1v) is 6.93. The van der Waals surface area contributed by atoms with E-state index in [1.807, 2.05) is 0 Å². The molecule has 0 aliphatic carbocycles. The van der Waals surface area contributed by atoms with Crippen LogP contribution in [0.2, 0.25) is 0 Å². The van der Waals surface area contributed by atoms with Crippen molar-refractivity contribution in [2.75, 3.05) is 7.11 Å². The van der Waals surface area contributed by atoms with Gasteiger partial charge in [-0.15, -0.1) is 0 Å². The molecule has 0 bridgehead atoms. The van der Waals surface area contributed by atoms with Crippen LogP contribution in [0.5, 0.6) is 11.5 Å². The first kappa shape index (κ1) is 15.4. The molecule has 0 fully saturated rings. The zero-order valence-electron chi connectivity index (χ0n) is 11.1. The van der Waals surface area contributed by atoms with Gasteiger partial charge in [-0.3, -0.25) is 9.89 Å². The average molecular weight is 371 g/mol. The quantitative estimate of drug-likeness (QED) is 0.636. The number of H-pyrrole nitrogens is 1. The SMILES string of the molecule is COc1cc(Br)c(/C=N\n2c(=S)[nH]nc(C)c2=O)cc1O. The molecule has 2 aromatic rings. The van der Waals surface area contributed by atoms with Crippen LogP contribution in [0.3, 0.4) is 0 Å². The minimum Gasteiger partial charge on any atom is -0.504 e. The highest BCUT2D eigenvalue weighted by atomic mass is 79.9. The molecule has 21 heavy (non-hydrogen) atoms. The second kappa shape index (κ2) is 6.19. The topological polar surface area (TPSA) is 92.5 Å². The third-order valence-electron chi connectivity index (χ3n) is 2.62. The van der Waals surface area contributed by atoms with E-state index in [0.717, 1.165) is 4.68 Å². The lowest BCUT2D eigenvalue weighted by molar-refractivity contribution is 0.373. The van der Waals surface area contributed by atoms with E-state index in [4.69, 9.17) is 17.0 Å². The first-order chi connectivity index (χ1) is 9.93. The van der Waals surface area contributed by atoms with Gasteiger partial charge in [0.2, 0.25) is 4.77 Å². The summed E-state index contributed by atoms with van der Waals surface area (Å²) in [5.41, 5.74) is 0.394. The summed E-state index contributed by atoms with van der Waals surface area (Å²) in [6.07, 6.45) is 1.40. The fourth-order valence-corrected chi connectivity index (χ4v) is 2.12. The Hall–Kier alpha value is -2.00. The third-order valence-corrected chi connectivity index (χ3v) is 3.57. The second-order valence-corrected chi connectivity index (χ2v) is 5.26. The van der Waals surface area contributed by atoms with Crippen molar-refractivity contribution < 1.29 is 9.84 Å². The molecule has 0 spiro atoms. The van der Waals surface area contributed by atoms with Crippen LogP contribution in [0.1, 0.15) is 11.3 Å². The van der Waals surface area contributed by atoms with Crippen LogP contribution in [0.25, 0.3) is 0 Å². The van der Waals surface area contributed by atoms with Crippen molar-refractivity contribution in [3.05, 3.63) is 43.0 Å². The van der Waals surface area contributed by atoms with E-state index in [1.165, 1.54) is 19.4 Å². The summed E-state index contributed by atoms with van der Waals surface area (Å²) in [6, 6.07) is 3.05. The highest BCUT2D eigenvalue weighted by Crippen LogP contribution is 2.31. The summed E-state index contributed by atoms with van der Waals surface area (Å²) in [5.74, 6) is 0.291. The summed E-state index contributed by atoms with van der Waals surface area (Å²) in [5, 5.41) is 20.0. The van der Waals surface area contributed by atoms with Crippen molar-refractivity contribution in [2.24, 2.45) is 5.10 Å². The highest BCUT2D eigenvalue weighted by molar-refractivity contribution is 9.10. The highest BCUT2D eigenvalue weighted by Gasteiger charge is 2.07. The smallest absolute Gasteiger partial charge is 0.296 e. The lowest BCUT2D eigenvalue weighted by Gasteiger charge is -2.06. The molecule has 0 saturated carbocycles. The number of aromatic nitrogens is 3. The van der Waals surface area contributed by atoms with E-state index < -0.39 is 5.56 Å². The number of rotatable bonds is 3. The molecule has 0 aliphatic rings. The largest absolute Gasteiger partial charge is 0.504 e. The molecule has 2 N–H and O–H groups in total. The number of halogens is 1. The van der Waals surface area contributed by atoms with Gasteiger partial charge < -0.3 is 9.84 Å². The second-order valence-electron chi connectivity index (χ2n) is 4.02. The molecular formula is C12H11BrN4O3S. The van der Waals surface area contributed by atoms with E-state index >= 15 is 0 Å². The summed E-state index contributed by atoms with van der Waals surface area (Å²) in [4.78, 5) is 11.9. The Morgan fingerprint density at radius 2 is 2.29 bits per heavy atom. The number of phenolic OH excluding ortho intramolecular Hbond substituents is 1. The molecule has 0 amide bonds.